The number of benzene rings is 3. The fourth-order valence-electron chi connectivity index (χ4n) is 4.45. The van der Waals surface area contributed by atoms with E-state index in [0.29, 0.717) is 28.9 Å². The summed E-state index contributed by atoms with van der Waals surface area (Å²) in [6.45, 7) is 8.95. The van der Waals surface area contributed by atoms with E-state index in [9.17, 15) is 4.39 Å². The topological polar surface area (TPSA) is 54.2 Å². The first-order chi connectivity index (χ1) is 17.3. The average Bonchev–Trinajstić information content (AvgIpc) is 3.34. The monoisotopic (exact) mass is 498 g/mol. The molecule has 5 nitrogen and oxygen atoms in total. The molecule has 0 fully saturated rings. The number of hydrogen-bond donors (Lipinski definition) is 1. The van der Waals surface area contributed by atoms with Crippen LogP contribution >= 0.6 is 12.2 Å². The highest BCUT2D eigenvalue weighted by Crippen LogP contribution is 2.38. The molecular formula is C29H27FN4OS. The molecule has 1 aromatic heterocycles. The van der Waals surface area contributed by atoms with Crippen LogP contribution in [0.5, 0.6) is 0 Å². The maximum Gasteiger partial charge on any atom is 0.258 e. The molecule has 0 spiro atoms. The van der Waals surface area contributed by atoms with Gasteiger partial charge in [0, 0.05) is 11.3 Å². The maximum absolute atomic E-state index is 13.4. The molecule has 7 heteroatoms. The van der Waals surface area contributed by atoms with Gasteiger partial charge in [-0.15, -0.1) is 0 Å². The second-order valence-electron chi connectivity index (χ2n) is 9.17. The lowest BCUT2D eigenvalue weighted by molar-refractivity contribution is 0.396. The van der Waals surface area contributed by atoms with E-state index in [0.717, 1.165) is 16.8 Å². The summed E-state index contributed by atoms with van der Waals surface area (Å²) in [5, 5.41) is 8.37. The van der Waals surface area contributed by atoms with Crippen LogP contribution in [0, 0.1) is 26.6 Å². The molecule has 0 bridgehead atoms. The van der Waals surface area contributed by atoms with Crippen molar-refractivity contribution >= 4 is 22.9 Å². The number of aromatic nitrogens is 2. The first-order valence-corrected chi connectivity index (χ1v) is 12.2. The highest BCUT2D eigenvalue weighted by Gasteiger charge is 2.34. The fourth-order valence-corrected chi connectivity index (χ4v) is 4.77. The minimum atomic E-state index is -0.312. The Hall–Kier alpha value is -3.84. The van der Waals surface area contributed by atoms with Crippen LogP contribution in [-0.4, -0.2) is 20.2 Å². The molecule has 1 N–H and O–H groups in total. The van der Waals surface area contributed by atoms with Gasteiger partial charge in [0.15, 0.2) is 5.11 Å². The Morgan fingerprint density at radius 1 is 0.944 bits per heavy atom. The number of rotatable bonds is 5. The Labute approximate surface area is 215 Å². The third-order valence-electron chi connectivity index (χ3n) is 6.81. The number of halogens is 1. The van der Waals surface area contributed by atoms with Gasteiger partial charge in [-0.1, -0.05) is 47.6 Å². The van der Waals surface area contributed by atoms with Gasteiger partial charge in [-0.05, 0) is 92.0 Å². The number of nitrogens with zero attached hydrogens (tertiary/aromatic N) is 3. The predicted octanol–water partition coefficient (Wildman–Crippen LogP) is 6.66. The number of hydrogen-bond acceptors (Lipinski definition) is 4. The van der Waals surface area contributed by atoms with Crippen LogP contribution in [0.2, 0.25) is 0 Å². The molecule has 1 atom stereocenters. The molecule has 0 aliphatic carbocycles. The van der Waals surface area contributed by atoms with Crippen molar-refractivity contribution in [3.05, 3.63) is 112 Å². The van der Waals surface area contributed by atoms with Crippen LogP contribution in [0.25, 0.3) is 17.0 Å². The van der Waals surface area contributed by atoms with Gasteiger partial charge in [-0.2, -0.15) is 4.98 Å². The third-order valence-corrected chi connectivity index (χ3v) is 7.15. The lowest BCUT2D eigenvalue weighted by atomic mass is 9.92. The number of allylic oxidation sites excluding steroid dienone is 1. The van der Waals surface area contributed by atoms with Crippen molar-refractivity contribution in [1.82, 2.24) is 20.4 Å². The van der Waals surface area contributed by atoms with Crippen molar-refractivity contribution in [3.8, 4) is 11.4 Å². The zero-order valence-corrected chi connectivity index (χ0v) is 21.5. The van der Waals surface area contributed by atoms with Crippen molar-refractivity contribution < 1.29 is 8.91 Å². The van der Waals surface area contributed by atoms with E-state index >= 15 is 0 Å². The van der Waals surface area contributed by atoms with Gasteiger partial charge >= 0.3 is 0 Å². The first-order valence-electron chi connectivity index (χ1n) is 11.8. The molecule has 182 valence electrons. The molecular weight excluding hydrogens is 471 g/mol. The molecule has 2 heterocycles. The van der Waals surface area contributed by atoms with Crippen molar-refractivity contribution in [3.63, 3.8) is 0 Å². The summed E-state index contributed by atoms with van der Waals surface area (Å²) in [6, 6.07) is 20.5. The number of thiocarbonyl (C=S) groups is 1. The van der Waals surface area contributed by atoms with E-state index in [1.807, 2.05) is 19.1 Å². The van der Waals surface area contributed by atoms with Gasteiger partial charge in [-0.25, -0.2) is 4.39 Å². The van der Waals surface area contributed by atoms with Crippen LogP contribution in [0.1, 0.15) is 46.7 Å². The molecule has 3 aromatic carbocycles. The summed E-state index contributed by atoms with van der Waals surface area (Å²) in [7, 11) is 0. The molecule has 1 aliphatic heterocycles. The molecule has 0 amide bonds. The second-order valence-corrected chi connectivity index (χ2v) is 9.55. The Bertz CT molecular complexity index is 1470. The number of nitrogens with one attached hydrogen (secondary N) is 1. The summed E-state index contributed by atoms with van der Waals surface area (Å²) in [4.78, 5) is 6.79. The van der Waals surface area contributed by atoms with E-state index in [1.54, 1.807) is 12.1 Å². The highest BCUT2D eigenvalue weighted by molar-refractivity contribution is 7.80. The van der Waals surface area contributed by atoms with Crippen molar-refractivity contribution in [2.24, 2.45) is 0 Å². The predicted molar refractivity (Wildman–Crippen MR) is 143 cm³/mol. The van der Waals surface area contributed by atoms with Gasteiger partial charge in [-0.3, -0.25) is 0 Å². The zero-order valence-electron chi connectivity index (χ0n) is 20.7. The molecule has 4 aromatic rings. The minimum Gasteiger partial charge on any atom is -0.351 e. The lowest BCUT2D eigenvalue weighted by Gasteiger charge is -2.37. The summed E-state index contributed by atoms with van der Waals surface area (Å²) >= 11 is 5.86. The summed E-state index contributed by atoms with van der Waals surface area (Å²) in [5.41, 5.74) is 8.34. The largest absolute Gasteiger partial charge is 0.351 e. The van der Waals surface area contributed by atoms with Gasteiger partial charge in [0.25, 0.3) is 5.89 Å². The number of aryl methyl sites for hydroxylation is 3. The van der Waals surface area contributed by atoms with Crippen LogP contribution < -0.4 is 5.32 Å². The van der Waals surface area contributed by atoms with Gasteiger partial charge in [0.05, 0.1) is 18.2 Å². The van der Waals surface area contributed by atoms with E-state index < -0.39 is 0 Å². The fraction of sp³-hybridized carbons (Fsp3) is 0.207. The first kappa shape index (κ1) is 23.9. The molecule has 36 heavy (non-hydrogen) atoms. The quantitative estimate of drug-likeness (QED) is 0.311. The van der Waals surface area contributed by atoms with Gasteiger partial charge in [0.2, 0.25) is 5.82 Å². The third kappa shape index (κ3) is 4.54. The summed E-state index contributed by atoms with van der Waals surface area (Å²) in [6.07, 6.45) is 0. The SMILES string of the molecule is CC1=C(c2nc(-c3ccc(F)cc3)no2)C(c2ccc(C)c(C)c2)NC(=S)N1Cc1ccccc1C. The van der Waals surface area contributed by atoms with E-state index in [2.05, 4.69) is 66.5 Å². The molecule has 1 aliphatic rings. The highest BCUT2D eigenvalue weighted by atomic mass is 32.1. The Balaban J connectivity index is 1.62. The maximum atomic E-state index is 13.4. The van der Waals surface area contributed by atoms with Crippen LogP contribution in [0.4, 0.5) is 4.39 Å². The van der Waals surface area contributed by atoms with Gasteiger partial charge in [0.1, 0.15) is 5.82 Å². The molecule has 1 unspecified atom stereocenters. The molecule has 0 saturated heterocycles. The van der Waals surface area contributed by atoms with Crippen LogP contribution in [0.15, 0.2) is 77.0 Å². The van der Waals surface area contributed by atoms with Crippen molar-refractivity contribution in [2.75, 3.05) is 0 Å². The Morgan fingerprint density at radius 3 is 2.42 bits per heavy atom. The summed E-state index contributed by atoms with van der Waals surface area (Å²) in [5.74, 6) is 0.496. The van der Waals surface area contributed by atoms with E-state index in [-0.39, 0.29) is 11.9 Å². The summed E-state index contributed by atoms with van der Waals surface area (Å²) < 4.78 is 19.2. The normalized spacial score (nSPS) is 15.9. The smallest absolute Gasteiger partial charge is 0.258 e. The Kier molecular flexibility index (Phi) is 6.41. The van der Waals surface area contributed by atoms with Crippen molar-refractivity contribution in [2.45, 2.75) is 40.3 Å². The standard InChI is InChI=1S/C29H27FN4OS/c1-17-9-10-22(15-19(17)3)26-25(28-32-27(33-35-28)21-11-13-24(30)14-12-21)20(4)34(29(36)31-26)16-23-8-6-5-7-18(23)2/h5-15,26H,16H2,1-4H3,(H,31,36). The minimum absolute atomic E-state index is 0.258. The second kappa shape index (κ2) is 9.66. The van der Waals surface area contributed by atoms with Crippen LogP contribution in [0.3, 0.4) is 0 Å². The lowest BCUT2D eigenvalue weighted by Crippen LogP contribution is -2.45. The molecule has 0 saturated carbocycles. The average molecular weight is 499 g/mol. The zero-order chi connectivity index (χ0) is 25.4. The Morgan fingerprint density at radius 2 is 1.69 bits per heavy atom. The van der Waals surface area contributed by atoms with Crippen molar-refractivity contribution in [1.29, 1.82) is 0 Å². The van der Waals surface area contributed by atoms with Gasteiger partial charge < -0.3 is 14.7 Å². The van der Waals surface area contributed by atoms with E-state index in [4.69, 9.17) is 21.7 Å². The van der Waals surface area contributed by atoms with E-state index in [1.165, 1.54) is 34.4 Å². The molecule has 5 rings (SSSR count). The molecule has 0 radical (unpaired) electrons. The van der Waals surface area contributed by atoms with Crippen LogP contribution in [-0.2, 0) is 6.54 Å².